The Hall–Kier alpha value is -0.360. The topological polar surface area (TPSA) is 73.6 Å². The molecule has 2 heterocycles. The van der Waals surface area contributed by atoms with Crippen LogP contribution in [0.5, 0.6) is 0 Å². The summed E-state index contributed by atoms with van der Waals surface area (Å²) in [6.45, 7) is 4.14. The van der Waals surface area contributed by atoms with Crippen molar-refractivity contribution in [3.05, 3.63) is 0 Å². The zero-order valence-electron chi connectivity index (χ0n) is 10.8. The molecule has 0 radical (unpaired) electrons. The number of halogens is 1. The zero-order valence-corrected chi connectivity index (χ0v) is 11.6. The lowest BCUT2D eigenvalue weighted by atomic mass is 9.91. The number of hydrogen-bond acceptors (Lipinski definition) is 4. The molecule has 0 bridgehead atoms. The van der Waals surface area contributed by atoms with E-state index in [1.54, 1.807) is 0 Å². The first kappa shape index (κ1) is 15.7. The molecule has 2 aliphatic rings. The molecule has 0 aromatic rings. The van der Waals surface area contributed by atoms with E-state index < -0.39 is 6.04 Å². The van der Waals surface area contributed by atoms with Crippen LogP contribution in [-0.2, 0) is 14.3 Å². The number of amides is 1. The molecule has 0 aromatic heterocycles. The molecule has 2 fully saturated rings. The minimum absolute atomic E-state index is 0. The largest absolute Gasteiger partial charge is 0.381 e. The SMILES string of the molecule is CC1OCCC1NC(=O)C(N)C1CCOCC1.Cl. The first-order valence-corrected chi connectivity index (χ1v) is 6.44. The van der Waals surface area contributed by atoms with Gasteiger partial charge >= 0.3 is 0 Å². The molecular formula is C12H23ClN2O3. The van der Waals surface area contributed by atoms with Crippen LogP contribution >= 0.6 is 12.4 Å². The number of hydrogen-bond donors (Lipinski definition) is 2. The van der Waals surface area contributed by atoms with Gasteiger partial charge in [0.1, 0.15) is 0 Å². The Morgan fingerprint density at radius 2 is 1.94 bits per heavy atom. The van der Waals surface area contributed by atoms with Gasteiger partial charge in [0, 0.05) is 19.8 Å². The number of carbonyl (C=O) groups is 1. The molecule has 2 saturated heterocycles. The Kier molecular flexibility index (Phi) is 6.35. The first-order chi connectivity index (χ1) is 8.18. The van der Waals surface area contributed by atoms with E-state index in [1.807, 2.05) is 6.92 Å². The van der Waals surface area contributed by atoms with Gasteiger partial charge in [0.05, 0.1) is 18.2 Å². The molecule has 3 atom stereocenters. The van der Waals surface area contributed by atoms with E-state index in [1.165, 1.54) is 0 Å². The summed E-state index contributed by atoms with van der Waals surface area (Å²) in [4.78, 5) is 12.0. The van der Waals surface area contributed by atoms with Gasteiger partial charge < -0.3 is 20.5 Å². The molecule has 3 N–H and O–H groups in total. The van der Waals surface area contributed by atoms with Crippen LogP contribution in [-0.4, -0.2) is 43.9 Å². The van der Waals surface area contributed by atoms with E-state index in [-0.39, 0.29) is 36.4 Å². The summed E-state index contributed by atoms with van der Waals surface area (Å²) in [5, 5.41) is 3.00. The van der Waals surface area contributed by atoms with Crippen molar-refractivity contribution in [3.63, 3.8) is 0 Å². The maximum absolute atomic E-state index is 12.0. The van der Waals surface area contributed by atoms with E-state index in [0.717, 1.165) is 25.9 Å². The number of rotatable bonds is 3. The van der Waals surface area contributed by atoms with Crippen molar-refractivity contribution >= 4 is 18.3 Å². The highest BCUT2D eigenvalue weighted by molar-refractivity contribution is 5.85. The molecule has 1 amide bonds. The van der Waals surface area contributed by atoms with Gasteiger partial charge in [-0.3, -0.25) is 4.79 Å². The Morgan fingerprint density at radius 3 is 2.50 bits per heavy atom. The standard InChI is InChI=1S/C12H22N2O3.ClH/c1-8-10(4-7-17-8)14-12(15)11(13)9-2-5-16-6-3-9;/h8-11H,2-7,13H2,1H3,(H,14,15);1H. The van der Waals surface area contributed by atoms with Gasteiger partial charge in [-0.2, -0.15) is 0 Å². The number of carbonyl (C=O) groups excluding carboxylic acids is 1. The average molecular weight is 279 g/mol. The Labute approximate surface area is 114 Å². The van der Waals surface area contributed by atoms with Crippen molar-refractivity contribution in [2.24, 2.45) is 11.7 Å². The molecule has 0 aromatic carbocycles. The average Bonchev–Trinajstić information content (AvgIpc) is 2.75. The third-order valence-corrected chi connectivity index (χ3v) is 3.78. The molecule has 2 rings (SSSR count). The fourth-order valence-corrected chi connectivity index (χ4v) is 2.49. The van der Waals surface area contributed by atoms with Gasteiger partial charge in [-0.25, -0.2) is 0 Å². The molecule has 5 nitrogen and oxygen atoms in total. The number of nitrogens with one attached hydrogen (secondary N) is 1. The minimum atomic E-state index is -0.410. The van der Waals surface area contributed by atoms with Gasteiger partial charge in [-0.05, 0) is 32.1 Å². The van der Waals surface area contributed by atoms with Crippen molar-refractivity contribution in [3.8, 4) is 0 Å². The maximum Gasteiger partial charge on any atom is 0.237 e. The van der Waals surface area contributed by atoms with E-state index in [9.17, 15) is 4.79 Å². The minimum Gasteiger partial charge on any atom is -0.381 e. The second-order valence-corrected chi connectivity index (χ2v) is 4.96. The van der Waals surface area contributed by atoms with Crippen LogP contribution in [0.25, 0.3) is 0 Å². The summed E-state index contributed by atoms with van der Waals surface area (Å²) in [5.74, 6) is 0.209. The first-order valence-electron chi connectivity index (χ1n) is 6.44. The molecular weight excluding hydrogens is 256 g/mol. The van der Waals surface area contributed by atoms with Crippen LogP contribution in [0.4, 0.5) is 0 Å². The van der Waals surface area contributed by atoms with Crippen LogP contribution in [0.2, 0.25) is 0 Å². The summed E-state index contributed by atoms with van der Waals surface area (Å²) < 4.78 is 10.7. The molecule has 0 aliphatic carbocycles. The molecule has 18 heavy (non-hydrogen) atoms. The lowest BCUT2D eigenvalue weighted by molar-refractivity contribution is -0.125. The Bertz CT molecular complexity index is 272. The molecule has 6 heteroatoms. The molecule has 0 saturated carbocycles. The zero-order chi connectivity index (χ0) is 12.3. The van der Waals surface area contributed by atoms with Crippen molar-refractivity contribution in [2.75, 3.05) is 19.8 Å². The Balaban J connectivity index is 0.00000162. The van der Waals surface area contributed by atoms with Crippen LogP contribution in [0, 0.1) is 5.92 Å². The highest BCUT2D eigenvalue weighted by atomic mass is 35.5. The predicted octanol–water partition coefficient (Wildman–Crippen LogP) is 0.456. The fraction of sp³-hybridized carbons (Fsp3) is 0.917. The van der Waals surface area contributed by atoms with Gasteiger partial charge in [0.25, 0.3) is 0 Å². The van der Waals surface area contributed by atoms with Crippen LogP contribution in [0.15, 0.2) is 0 Å². The fourth-order valence-electron chi connectivity index (χ4n) is 2.49. The molecule has 106 valence electrons. The second kappa shape index (κ2) is 7.28. The number of ether oxygens (including phenoxy) is 2. The van der Waals surface area contributed by atoms with E-state index >= 15 is 0 Å². The van der Waals surface area contributed by atoms with Crippen molar-refractivity contribution < 1.29 is 14.3 Å². The van der Waals surface area contributed by atoms with E-state index in [0.29, 0.717) is 13.2 Å². The van der Waals surface area contributed by atoms with Gasteiger partial charge in [-0.1, -0.05) is 0 Å². The van der Waals surface area contributed by atoms with Crippen molar-refractivity contribution in [1.29, 1.82) is 0 Å². The quantitative estimate of drug-likeness (QED) is 0.786. The summed E-state index contributed by atoms with van der Waals surface area (Å²) in [7, 11) is 0. The van der Waals surface area contributed by atoms with E-state index in [2.05, 4.69) is 5.32 Å². The molecule has 0 spiro atoms. The summed E-state index contributed by atoms with van der Waals surface area (Å²) in [5.41, 5.74) is 6.01. The smallest absolute Gasteiger partial charge is 0.237 e. The third kappa shape index (κ3) is 3.82. The highest BCUT2D eigenvalue weighted by Gasteiger charge is 2.31. The van der Waals surface area contributed by atoms with Crippen molar-refractivity contribution in [2.45, 2.75) is 44.4 Å². The maximum atomic E-state index is 12.0. The van der Waals surface area contributed by atoms with Gasteiger partial charge in [0.15, 0.2) is 0 Å². The van der Waals surface area contributed by atoms with Crippen LogP contribution in [0.1, 0.15) is 26.2 Å². The predicted molar refractivity (Wildman–Crippen MR) is 70.7 cm³/mol. The normalized spacial score (nSPS) is 30.6. The van der Waals surface area contributed by atoms with Gasteiger partial charge in [0.2, 0.25) is 5.91 Å². The monoisotopic (exact) mass is 278 g/mol. The molecule has 2 aliphatic heterocycles. The Morgan fingerprint density at radius 1 is 1.28 bits per heavy atom. The third-order valence-electron chi connectivity index (χ3n) is 3.78. The van der Waals surface area contributed by atoms with Crippen LogP contribution in [0.3, 0.4) is 0 Å². The highest BCUT2D eigenvalue weighted by Crippen LogP contribution is 2.19. The number of nitrogens with two attached hydrogens (primary N) is 1. The summed E-state index contributed by atoms with van der Waals surface area (Å²) in [6.07, 6.45) is 2.74. The lowest BCUT2D eigenvalue weighted by Gasteiger charge is -2.28. The summed E-state index contributed by atoms with van der Waals surface area (Å²) >= 11 is 0. The van der Waals surface area contributed by atoms with E-state index in [4.69, 9.17) is 15.2 Å². The summed E-state index contributed by atoms with van der Waals surface area (Å²) in [6, 6.07) is -0.292. The van der Waals surface area contributed by atoms with Crippen LogP contribution < -0.4 is 11.1 Å². The lowest BCUT2D eigenvalue weighted by Crippen LogP contribution is -2.51. The second-order valence-electron chi connectivity index (χ2n) is 4.96. The van der Waals surface area contributed by atoms with Gasteiger partial charge in [-0.15, -0.1) is 12.4 Å². The van der Waals surface area contributed by atoms with Crippen molar-refractivity contribution in [1.82, 2.24) is 5.32 Å². The molecule has 3 unspecified atom stereocenters.